The molecule has 1 saturated heterocycles. The van der Waals surface area contributed by atoms with E-state index < -0.39 is 0 Å². The van der Waals surface area contributed by atoms with Crippen LogP contribution in [0.1, 0.15) is 44.9 Å². The van der Waals surface area contributed by atoms with Crippen LogP contribution in [0.15, 0.2) is 0 Å². The molecule has 0 radical (unpaired) electrons. The maximum atomic E-state index is 12.0. The summed E-state index contributed by atoms with van der Waals surface area (Å²) in [7, 11) is 2.11. The standard InChI is InChI=1S/C15H28N2OS/c1-17-10-5-6-13(12-17)15(18)16-9-11-19-14-7-3-2-4-8-14/h13-14H,2-12H2,1H3,(H,16,18). The van der Waals surface area contributed by atoms with E-state index in [1.54, 1.807) is 0 Å². The van der Waals surface area contributed by atoms with Crippen LogP contribution in [0.5, 0.6) is 0 Å². The molecule has 0 bridgehead atoms. The summed E-state index contributed by atoms with van der Waals surface area (Å²) in [5, 5.41) is 3.98. The molecule has 2 fully saturated rings. The van der Waals surface area contributed by atoms with Crippen molar-refractivity contribution in [2.24, 2.45) is 5.92 Å². The van der Waals surface area contributed by atoms with E-state index in [0.29, 0.717) is 0 Å². The number of nitrogens with zero attached hydrogens (tertiary/aromatic N) is 1. The van der Waals surface area contributed by atoms with Gasteiger partial charge in [0.05, 0.1) is 5.92 Å². The van der Waals surface area contributed by atoms with Crippen molar-refractivity contribution in [3.63, 3.8) is 0 Å². The predicted molar refractivity (Wildman–Crippen MR) is 82.6 cm³/mol. The number of hydrogen-bond acceptors (Lipinski definition) is 3. The minimum absolute atomic E-state index is 0.221. The molecule has 0 aromatic heterocycles. The minimum atomic E-state index is 0.221. The van der Waals surface area contributed by atoms with Gasteiger partial charge < -0.3 is 10.2 Å². The number of amides is 1. The molecule has 19 heavy (non-hydrogen) atoms. The highest BCUT2D eigenvalue weighted by Gasteiger charge is 2.23. The number of hydrogen-bond donors (Lipinski definition) is 1. The molecule has 4 heteroatoms. The lowest BCUT2D eigenvalue weighted by molar-refractivity contribution is -0.126. The van der Waals surface area contributed by atoms with E-state index in [1.807, 2.05) is 0 Å². The third-order valence-corrected chi connectivity index (χ3v) is 5.68. The van der Waals surface area contributed by atoms with Crippen molar-refractivity contribution in [3.8, 4) is 0 Å². The molecule has 2 rings (SSSR count). The van der Waals surface area contributed by atoms with E-state index in [2.05, 4.69) is 29.0 Å². The van der Waals surface area contributed by atoms with E-state index in [1.165, 1.54) is 32.1 Å². The zero-order valence-electron chi connectivity index (χ0n) is 12.2. The van der Waals surface area contributed by atoms with Gasteiger partial charge in [-0.15, -0.1) is 0 Å². The quantitative estimate of drug-likeness (QED) is 0.787. The molecule has 1 N–H and O–H groups in total. The summed E-state index contributed by atoms with van der Waals surface area (Å²) in [5.41, 5.74) is 0. The van der Waals surface area contributed by atoms with Crippen LogP contribution >= 0.6 is 11.8 Å². The molecule has 1 atom stereocenters. The fourth-order valence-corrected chi connectivity index (χ4v) is 4.38. The Bertz CT molecular complexity index is 279. The second-order valence-electron chi connectivity index (χ2n) is 6.02. The molecule has 1 amide bonds. The number of thioether (sulfide) groups is 1. The number of nitrogens with one attached hydrogen (secondary N) is 1. The summed E-state index contributed by atoms with van der Waals surface area (Å²) in [4.78, 5) is 14.3. The minimum Gasteiger partial charge on any atom is -0.355 e. The fourth-order valence-electron chi connectivity index (χ4n) is 3.16. The van der Waals surface area contributed by atoms with Crippen LogP contribution in [0.2, 0.25) is 0 Å². The van der Waals surface area contributed by atoms with Gasteiger partial charge in [-0.1, -0.05) is 19.3 Å². The summed E-state index contributed by atoms with van der Waals surface area (Å²) < 4.78 is 0. The zero-order chi connectivity index (χ0) is 13.5. The van der Waals surface area contributed by atoms with Crippen LogP contribution in [0.4, 0.5) is 0 Å². The maximum Gasteiger partial charge on any atom is 0.224 e. The highest BCUT2D eigenvalue weighted by Crippen LogP contribution is 2.27. The maximum absolute atomic E-state index is 12.0. The van der Waals surface area contributed by atoms with E-state index in [4.69, 9.17) is 0 Å². The van der Waals surface area contributed by atoms with Crippen molar-refractivity contribution >= 4 is 17.7 Å². The number of rotatable bonds is 5. The van der Waals surface area contributed by atoms with Gasteiger partial charge in [-0.05, 0) is 39.3 Å². The molecule has 3 nitrogen and oxygen atoms in total. The Kier molecular flexibility index (Phi) is 6.51. The van der Waals surface area contributed by atoms with Gasteiger partial charge in [0.2, 0.25) is 5.91 Å². The number of piperidine rings is 1. The molecule has 0 aromatic rings. The fraction of sp³-hybridized carbons (Fsp3) is 0.933. The van der Waals surface area contributed by atoms with Crippen LogP contribution in [0.3, 0.4) is 0 Å². The largest absolute Gasteiger partial charge is 0.355 e. The Morgan fingerprint density at radius 1 is 1.21 bits per heavy atom. The van der Waals surface area contributed by atoms with Crippen molar-refractivity contribution in [1.82, 2.24) is 10.2 Å². The lowest BCUT2D eigenvalue weighted by atomic mass is 9.98. The first-order valence-corrected chi connectivity index (χ1v) is 8.88. The third-order valence-electron chi connectivity index (χ3n) is 4.30. The highest BCUT2D eigenvalue weighted by molar-refractivity contribution is 7.99. The molecule has 1 heterocycles. The molecule has 0 spiro atoms. The average Bonchev–Trinajstić information content (AvgIpc) is 2.44. The normalized spacial score (nSPS) is 26.3. The molecular formula is C15H28N2OS. The highest BCUT2D eigenvalue weighted by atomic mass is 32.2. The first-order valence-electron chi connectivity index (χ1n) is 7.83. The van der Waals surface area contributed by atoms with Crippen LogP contribution in [0.25, 0.3) is 0 Å². The SMILES string of the molecule is CN1CCCC(C(=O)NCCSC2CCCCC2)C1. The Labute approximate surface area is 121 Å². The van der Waals surface area contributed by atoms with E-state index in [0.717, 1.165) is 43.5 Å². The van der Waals surface area contributed by atoms with Crippen LogP contribution < -0.4 is 5.32 Å². The van der Waals surface area contributed by atoms with E-state index >= 15 is 0 Å². The smallest absolute Gasteiger partial charge is 0.224 e. The van der Waals surface area contributed by atoms with Gasteiger partial charge in [0.25, 0.3) is 0 Å². The summed E-state index contributed by atoms with van der Waals surface area (Å²) >= 11 is 2.06. The van der Waals surface area contributed by atoms with Crippen molar-refractivity contribution in [2.75, 3.05) is 32.4 Å². The Balaban J connectivity index is 1.55. The molecule has 1 aliphatic carbocycles. The monoisotopic (exact) mass is 284 g/mol. The van der Waals surface area contributed by atoms with Crippen molar-refractivity contribution in [3.05, 3.63) is 0 Å². The Morgan fingerprint density at radius 2 is 2.00 bits per heavy atom. The van der Waals surface area contributed by atoms with Crippen molar-refractivity contribution < 1.29 is 4.79 Å². The summed E-state index contributed by atoms with van der Waals surface area (Å²) in [5.74, 6) is 1.58. The molecule has 1 aliphatic heterocycles. The Morgan fingerprint density at radius 3 is 2.74 bits per heavy atom. The van der Waals surface area contributed by atoms with E-state index in [9.17, 15) is 4.79 Å². The summed E-state index contributed by atoms with van der Waals surface area (Å²) in [6.07, 6.45) is 9.20. The van der Waals surface area contributed by atoms with Gasteiger partial charge in [0.15, 0.2) is 0 Å². The summed E-state index contributed by atoms with van der Waals surface area (Å²) in [6.45, 7) is 2.92. The molecular weight excluding hydrogens is 256 g/mol. The van der Waals surface area contributed by atoms with Gasteiger partial charge >= 0.3 is 0 Å². The lowest BCUT2D eigenvalue weighted by Crippen LogP contribution is -2.42. The molecule has 110 valence electrons. The van der Waals surface area contributed by atoms with Gasteiger partial charge in [0, 0.05) is 24.1 Å². The summed E-state index contributed by atoms with van der Waals surface area (Å²) in [6, 6.07) is 0. The van der Waals surface area contributed by atoms with Gasteiger partial charge in [-0.3, -0.25) is 4.79 Å². The Hall–Kier alpha value is -0.220. The topological polar surface area (TPSA) is 32.3 Å². The molecule has 1 saturated carbocycles. The van der Waals surface area contributed by atoms with E-state index in [-0.39, 0.29) is 11.8 Å². The molecule has 1 unspecified atom stereocenters. The average molecular weight is 284 g/mol. The van der Waals surface area contributed by atoms with Gasteiger partial charge in [-0.25, -0.2) is 0 Å². The van der Waals surface area contributed by atoms with Crippen molar-refractivity contribution in [2.45, 2.75) is 50.2 Å². The third kappa shape index (κ3) is 5.35. The van der Waals surface area contributed by atoms with Crippen LogP contribution in [-0.4, -0.2) is 48.5 Å². The zero-order valence-corrected chi connectivity index (χ0v) is 13.0. The number of carbonyl (C=O) groups excluding carboxylic acids is 1. The first kappa shape index (κ1) is 15.2. The molecule has 2 aliphatic rings. The first-order chi connectivity index (χ1) is 9.25. The predicted octanol–water partition coefficient (Wildman–Crippen LogP) is 2.51. The second kappa shape index (κ2) is 8.15. The number of carbonyl (C=O) groups is 1. The van der Waals surface area contributed by atoms with Crippen molar-refractivity contribution in [1.29, 1.82) is 0 Å². The number of likely N-dealkylation sites (tertiary alicyclic amines) is 1. The molecule has 0 aromatic carbocycles. The second-order valence-corrected chi connectivity index (χ2v) is 7.43. The van der Waals surface area contributed by atoms with Crippen LogP contribution in [-0.2, 0) is 4.79 Å². The lowest BCUT2D eigenvalue weighted by Gasteiger charge is -2.28. The van der Waals surface area contributed by atoms with Crippen LogP contribution in [0, 0.1) is 5.92 Å². The van der Waals surface area contributed by atoms with Gasteiger partial charge in [-0.2, -0.15) is 11.8 Å². The van der Waals surface area contributed by atoms with Gasteiger partial charge in [0.1, 0.15) is 0 Å².